The number of aliphatic imine (C=N–C) groups is 1. The molecule has 32 heavy (non-hydrogen) atoms. The molecule has 2 aliphatic rings. The van der Waals surface area contributed by atoms with Crippen LogP contribution in [0.2, 0.25) is 0 Å². The zero-order chi connectivity index (χ0) is 22.1. The van der Waals surface area contributed by atoms with Gasteiger partial charge in [0.2, 0.25) is 17.8 Å². The molecule has 0 atom stereocenters. The number of piperazine rings is 1. The van der Waals surface area contributed by atoms with E-state index in [1.54, 1.807) is 32.6 Å². The fourth-order valence-electron chi connectivity index (χ4n) is 4.10. The van der Waals surface area contributed by atoms with Crippen LogP contribution < -0.4 is 15.5 Å². The molecule has 2 aliphatic heterocycles. The molecular weight excluding hydrogens is 523 g/mol. The van der Waals surface area contributed by atoms with Crippen molar-refractivity contribution in [2.45, 2.75) is 25.7 Å². The Labute approximate surface area is 207 Å². The first-order chi connectivity index (χ1) is 15.1. The van der Waals surface area contributed by atoms with E-state index in [-0.39, 0.29) is 35.8 Å². The lowest BCUT2D eigenvalue weighted by atomic mass is 9.93. The number of piperidine rings is 1. The monoisotopic (exact) mass is 558 g/mol. The summed E-state index contributed by atoms with van der Waals surface area (Å²) in [6.07, 6.45) is 6.46. The molecule has 11 heteroatoms. The number of carbonyl (C=O) groups is 2. The van der Waals surface area contributed by atoms with Crippen molar-refractivity contribution in [3.05, 3.63) is 18.5 Å². The summed E-state index contributed by atoms with van der Waals surface area (Å²) in [7, 11) is 3.45. The van der Waals surface area contributed by atoms with Crippen molar-refractivity contribution in [3.8, 4) is 0 Å². The maximum atomic E-state index is 12.6. The van der Waals surface area contributed by atoms with Crippen LogP contribution in [0.5, 0.6) is 0 Å². The standard InChI is InChI=1S/C21H34N8O2.HI/c1-22-18(30)16-17-5-10-28(11-6-17)20(23-2)26-9-4-19(31)27-12-14-29(15-13-27)21-24-7-3-8-25-21;/h3,7-8,17H,4-6,9-16H2,1-2H3,(H,22,30)(H,23,26);1H. The maximum Gasteiger partial charge on any atom is 0.225 e. The number of guanidine groups is 1. The first-order valence-corrected chi connectivity index (χ1v) is 11.1. The fraction of sp³-hybridized carbons (Fsp3) is 0.667. The van der Waals surface area contributed by atoms with Crippen LogP contribution in [0.15, 0.2) is 23.5 Å². The number of rotatable bonds is 6. The summed E-state index contributed by atoms with van der Waals surface area (Å²) in [5.41, 5.74) is 0. The Balaban J connectivity index is 0.00000363. The lowest BCUT2D eigenvalue weighted by Crippen LogP contribution is -2.50. The van der Waals surface area contributed by atoms with Gasteiger partial charge in [0.05, 0.1) is 0 Å². The van der Waals surface area contributed by atoms with Gasteiger partial charge in [0.25, 0.3) is 0 Å². The Morgan fingerprint density at radius 3 is 2.31 bits per heavy atom. The second-order valence-electron chi connectivity index (χ2n) is 7.95. The molecule has 3 heterocycles. The van der Waals surface area contributed by atoms with Gasteiger partial charge >= 0.3 is 0 Å². The van der Waals surface area contributed by atoms with Crippen LogP contribution >= 0.6 is 24.0 Å². The van der Waals surface area contributed by atoms with Crippen LogP contribution in [-0.2, 0) is 9.59 Å². The largest absolute Gasteiger partial charge is 0.359 e. The number of hydrogen-bond acceptors (Lipinski definition) is 6. The van der Waals surface area contributed by atoms with E-state index in [2.05, 4.69) is 35.4 Å². The summed E-state index contributed by atoms with van der Waals surface area (Å²) in [5, 5.41) is 6.03. The van der Waals surface area contributed by atoms with Crippen LogP contribution in [0.25, 0.3) is 0 Å². The Kier molecular flexibility index (Phi) is 10.9. The van der Waals surface area contributed by atoms with Gasteiger partial charge in [-0.25, -0.2) is 9.97 Å². The molecule has 0 unspecified atom stereocenters. The van der Waals surface area contributed by atoms with E-state index in [1.807, 2.05) is 4.90 Å². The maximum absolute atomic E-state index is 12.6. The van der Waals surface area contributed by atoms with Crippen molar-refractivity contribution in [1.82, 2.24) is 30.4 Å². The summed E-state index contributed by atoms with van der Waals surface area (Å²) in [6.45, 7) is 5.17. The fourth-order valence-corrected chi connectivity index (χ4v) is 4.10. The van der Waals surface area contributed by atoms with E-state index < -0.39 is 0 Å². The molecule has 0 radical (unpaired) electrons. The molecule has 2 saturated heterocycles. The summed E-state index contributed by atoms with van der Waals surface area (Å²) in [4.78, 5) is 43.3. The van der Waals surface area contributed by atoms with E-state index in [4.69, 9.17) is 0 Å². The third-order valence-electron chi connectivity index (χ3n) is 5.97. The van der Waals surface area contributed by atoms with Crippen LogP contribution in [0.4, 0.5) is 5.95 Å². The Morgan fingerprint density at radius 2 is 1.72 bits per heavy atom. The predicted molar refractivity (Wildman–Crippen MR) is 135 cm³/mol. The highest BCUT2D eigenvalue weighted by Crippen LogP contribution is 2.20. The molecule has 2 N–H and O–H groups in total. The van der Waals surface area contributed by atoms with Crippen molar-refractivity contribution in [2.75, 3.05) is 64.8 Å². The van der Waals surface area contributed by atoms with Crippen LogP contribution in [0.1, 0.15) is 25.7 Å². The first-order valence-electron chi connectivity index (χ1n) is 11.1. The number of halogens is 1. The zero-order valence-electron chi connectivity index (χ0n) is 19.0. The Bertz CT molecular complexity index is 747. The van der Waals surface area contributed by atoms with Gasteiger partial charge in [0.1, 0.15) is 0 Å². The number of likely N-dealkylation sites (tertiary alicyclic amines) is 1. The molecular formula is C21H35IN8O2. The quantitative estimate of drug-likeness (QED) is 0.299. The van der Waals surface area contributed by atoms with Crippen LogP contribution in [-0.4, -0.2) is 97.5 Å². The Morgan fingerprint density at radius 1 is 1.06 bits per heavy atom. The summed E-state index contributed by atoms with van der Waals surface area (Å²) in [5.74, 6) is 2.24. The number of aromatic nitrogens is 2. The number of nitrogens with zero attached hydrogens (tertiary/aromatic N) is 6. The highest BCUT2D eigenvalue weighted by atomic mass is 127. The minimum atomic E-state index is 0. The summed E-state index contributed by atoms with van der Waals surface area (Å²) in [6, 6.07) is 1.80. The number of hydrogen-bond donors (Lipinski definition) is 2. The minimum Gasteiger partial charge on any atom is -0.359 e. The van der Waals surface area contributed by atoms with Gasteiger partial charge in [-0.05, 0) is 24.8 Å². The third-order valence-corrected chi connectivity index (χ3v) is 5.97. The molecule has 10 nitrogen and oxygen atoms in total. The minimum absolute atomic E-state index is 0. The molecule has 0 aliphatic carbocycles. The number of carbonyl (C=O) groups excluding carboxylic acids is 2. The van der Waals surface area contributed by atoms with Crippen molar-refractivity contribution >= 4 is 47.7 Å². The van der Waals surface area contributed by atoms with Gasteiger partial charge in [-0.3, -0.25) is 14.6 Å². The molecule has 3 rings (SSSR count). The molecule has 1 aromatic rings. The van der Waals surface area contributed by atoms with Gasteiger partial charge in [0, 0.05) is 85.1 Å². The van der Waals surface area contributed by atoms with Crippen LogP contribution in [0.3, 0.4) is 0 Å². The van der Waals surface area contributed by atoms with E-state index in [0.717, 1.165) is 50.9 Å². The SMILES string of the molecule is CN=C(NCCC(=O)N1CCN(c2ncccn2)CC1)N1CCC(CC(=O)NC)CC1.I. The van der Waals surface area contributed by atoms with E-state index in [9.17, 15) is 9.59 Å². The third kappa shape index (κ3) is 7.45. The highest BCUT2D eigenvalue weighted by Gasteiger charge is 2.24. The molecule has 1 aromatic heterocycles. The van der Waals surface area contributed by atoms with Gasteiger partial charge in [-0.15, -0.1) is 24.0 Å². The van der Waals surface area contributed by atoms with Gasteiger partial charge in [-0.1, -0.05) is 0 Å². The van der Waals surface area contributed by atoms with Gasteiger partial charge < -0.3 is 25.3 Å². The van der Waals surface area contributed by atoms with E-state index >= 15 is 0 Å². The number of anilines is 1. The first kappa shape index (κ1) is 26.1. The normalized spacial score (nSPS) is 17.6. The molecule has 2 fully saturated rings. The average Bonchev–Trinajstić information content (AvgIpc) is 2.83. The van der Waals surface area contributed by atoms with Crippen LogP contribution in [0, 0.1) is 5.92 Å². The lowest BCUT2D eigenvalue weighted by molar-refractivity contribution is -0.131. The second kappa shape index (κ2) is 13.4. The molecule has 2 amide bonds. The molecule has 0 bridgehead atoms. The van der Waals surface area contributed by atoms with Crippen molar-refractivity contribution in [3.63, 3.8) is 0 Å². The smallest absolute Gasteiger partial charge is 0.225 e. The number of amides is 2. The highest BCUT2D eigenvalue weighted by molar-refractivity contribution is 14.0. The Hall–Kier alpha value is -2.18. The lowest BCUT2D eigenvalue weighted by Gasteiger charge is -2.35. The van der Waals surface area contributed by atoms with Gasteiger partial charge in [-0.2, -0.15) is 0 Å². The number of nitrogens with one attached hydrogen (secondary N) is 2. The van der Waals surface area contributed by atoms with Crippen molar-refractivity contribution in [1.29, 1.82) is 0 Å². The van der Waals surface area contributed by atoms with Gasteiger partial charge in [0.15, 0.2) is 5.96 Å². The molecule has 0 saturated carbocycles. The summed E-state index contributed by atoms with van der Waals surface area (Å²) >= 11 is 0. The molecule has 0 spiro atoms. The van der Waals surface area contributed by atoms with E-state index in [0.29, 0.717) is 38.4 Å². The van der Waals surface area contributed by atoms with Crippen molar-refractivity contribution < 1.29 is 9.59 Å². The predicted octanol–water partition coefficient (Wildman–Crippen LogP) is 0.557. The zero-order valence-corrected chi connectivity index (χ0v) is 21.3. The molecule has 0 aromatic carbocycles. The van der Waals surface area contributed by atoms with E-state index in [1.165, 1.54) is 0 Å². The molecule has 178 valence electrons. The average molecular weight is 558 g/mol. The second-order valence-corrected chi connectivity index (χ2v) is 7.95. The summed E-state index contributed by atoms with van der Waals surface area (Å²) < 4.78 is 0. The topological polar surface area (TPSA) is 106 Å². The van der Waals surface area contributed by atoms with Crippen molar-refractivity contribution in [2.24, 2.45) is 10.9 Å².